The van der Waals surface area contributed by atoms with Gasteiger partial charge in [-0.1, -0.05) is 12.1 Å². The maximum Gasteiger partial charge on any atom is 0.240 e. The van der Waals surface area contributed by atoms with E-state index in [0.717, 1.165) is 31.1 Å². The minimum atomic E-state index is -3.68. The molecule has 4 nitrogen and oxygen atoms in total. The van der Waals surface area contributed by atoms with E-state index in [0.29, 0.717) is 5.56 Å². The van der Waals surface area contributed by atoms with E-state index >= 15 is 0 Å². The third-order valence-electron chi connectivity index (χ3n) is 4.43. The molecule has 1 N–H and O–H groups in total. The van der Waals surface area contributed by atoms with Crippen molar-refractivity contribution in [2.45, 2.75) is 37.5 Å². The minimum Gasteiger partial charge on any atom is -0.492 e. The number of fused-ring (bicyclic) bond motifs is 1. The van der Waals surface area contributed by atoms with Gasteiger partial charge in [-0.3, -0.25) is 0 Å². The molecular weight excluding hydrogens is 341 g/mol. The van der Waals surface area contributed by atoms with Gasteiger partial charge in [0.25, 0.3) is 0 Å². The van der Waals surface area contributed by atoms with Crippen molar-refractivity contribution in [2.24, 2.45) is 0 Å². The smallest absolute Gasteiger partial charge is 0.240 e. The summed E-state index contributed by atoms with van der Waals surface area (Å²) in [6, 6.07) is 9.67. The predicted molar refractivity (Wildman–Crippen MR) is 94.9 cm³/mol. The molecule has 3 rings (SSSR count). The number of nitrogens with one attached hydrogen (secondary N) is 1. The average molecular weight is 363 g/mol. The number of benzene rings is 2. The lowest BCUT2D eigenvalue weighted by Gasteiger charge is -2.19. The summed E-state index contributed by atoms with van der Waals surface area (Å²) in [5.74, 6) is 0.392. The van der Waals surface area contributed by atoms with Gasteiger partial charge in [0, 0.05) is 6.54 Å². The fourth-order valence-corrected chi connectivity index (χ4v) is 4.45. The summed E-state index contributed by atoms with van der Waals surface area (Å²) in [6.45, 7) is 1.98. The molecule has 0 aromatic heterocycles. The molecule has 0 amide bonds. The van der Waals surface area contributed by atoms with E-state index in [1.54, 1.807) is 6.92 Å². The molecule has 1 aliphatic carbocycles. The fraction of sp³-hybridized carbons (Fsp3) is 0.368. The van der Waals surface area contributed by atoms with Crippen LogP contribution in [0.5, 0.6) is 5.75 Å². The first-order valence-electron chi connectivity index (χ1n) is 8.47. The summed E-state index contributed by atoms with van der Waals surface area (Å²) in [4.78, 5) is 0.0889. The maximum absolute atomic E-state index is 13.1. The van der Waals surface area contributed by atoms with Crippen LogP contribution in [-0.2, 0) is 22.9 Å². The molecule has 6 heteroatoms. The summed E-state index contributed by atoms with van der Waals surface area (Å²) >= 11 is 0. The van der Waals surface area contributed by atoms with Crippen LogP contribution < -0.4 is 9.46 Å². The number of halogens is 1. The van der Waals surface area contributed by atoms with Gasteiger partial charge in [0.2, 0.25) is 10.0 Å². The molecular formula is C19H22FNO3S. The topological polar surface area (TPSA) is 55.4 Å². The molecule has 0 fully saturated rings. The average Bonchev–Trinajstić information content (AvgIpc) is 2.58. The van der Waals surface area contributed by atoms with Crippen molar-refractivity contribution in [1.82, 2.24) is 4.72 Å². The van der Waals surface area contributed by atoms with Crippen LogP contribution >= 0.6 is 0 Å². The van der Waals surface area contributed by atoms with Crippen molar-refractivity contribution in [3.05, 3.63) is 58.9 Å². The van der Waals surface area contributed by atoms with Gasteiger partial charge in [-0.15, -0.1) is 0 Å². The second-order valence-electron chi connectivity index (χ2n) is 6.26. The zero-order valence-corrected chi connectivity index (χ0v) is 15.0. The fourth-order valence-electron chi connectivity index (χ4n) is 3.21. The predicted octanol–water partition coefficient (Wildman–Crippen LogP) is 3.37. The van der Waals surface area contributed by atoms with Crippen molar-refractivity contribution in [3.63, 3.8) is 0 Å². The molecule has 2 aromatic rings. The molecule has 0 atom stereocenters. The van der Waals surface area contributed by atoms with Crippen LogP contribution in [0, 0.1) is 12.7 Å². The molecule has 0 spiro atoms. The highest BCUT2D eigenvalue weighted by Crippen LogP contribution is 2.29. The monoisotopic (exact) mass is 363 g/mol. The third kappa shape index (κ3) is 4.19. The van der Waals surface area contributed by atoms with Crippen molar-refractivity contribution in [3.8, 4) is 5.75 Å². The standard InChI is InChI=1S/C19H22FNO3S/c1-14-13-16(20)9-10-19(14)25(22,23)21-11-12-24-18-8-4-6-15-5-2-3-7-17(15)18/h4,6,8-10,13,21H,2-3,5,7,11-12H2,1H3. The molecule has 2 aromatic carbocycles. The van der Waals surface area contributed by atoms with Crippen LogP contribution in [-0.4, -0.2) is 21.6 Å². The van der Waals surface area contributed by atoms with E-state index in [9.17, 15) is 12.8 Å². The largest absolute Gasteiger partial charge is 0.492 e. The molecule has 0 aliphatic heterocycles. The first-order chi connectivity index (χ1) is 12.0. The Morgan fingerprint density at radius 3 is 2.76 bits per heavy atom. The Labute approximate surface area is 148 Å². The molecule has 0 bridgehead atoms. The van der Waals surface area contributed by atoms with Crippen molar-refractivity contribution in [1.29, 1.82) is 0 Å². The van der Waals surface area contributed by atoms with Crippen LogP contribution in [0.2, 0.25) is 0 Å². The summed E-state index contributed by atoms with van der Waals surface area (Å²) in [6.07, 6.45) is 4.44. The van der Waals surface area contributed by atoms with E-state index in [1.807, 2.05) is 12.1 Å². The number of hydrogen-bond donors (Lipinski definition) is 1. The van der Waals surface area contributed by atoms with Crippen LogP contribution in [0.4, 0.5) is 4.39 Å². The molecule has 0 saturated heterocycles. The van der Waals surface area contributed by atoms with E-state index in [-0.39, 0.29) is 18.0 Å². The number of rotatable bonds is 6. The van der Waals surface area contributed by atoms with Crippen LogP contribution in [0.25, 0.3) is 0 Å². The highest BCUT2D eigenvalue weighted by Gasteiger charge is 2.17. The second-order valence-corrected chi connectivity index (χ2v) is 7.99. The van der Waals surface area contributed by atoms with Gasteiger partial charge in [0.1, 0.15) is 18.2 Å². The van der Waals surface area contributed by atoms with Crippen LogP contribution in [0.1, 0.15) is 29.5 Å². The van der Waals surface area contributed by atoms with E-state index in [4.69, 9.17) is 4.74 Å². The van der Waals surface area contributed by atoms with Gasteiger partial charge in [0.15, 0.2) is 0 Å². The highest BCUT2D eigenvalue weighted by molar-refractivity contribution is 7.89. The Bertz CT molecular complexity index is 865. The van der Waals surface area contributed by atoms with Gasteiger partial charge in [-0.25, -0.2) is 17.5 Å². The van der Waals surface area contributed by atoms with E-state index in [2.05, 4.69) is 10.8 Å². The van der Waals surface area contributed by atoms with Gasteiger partial charge < -0.3 is 4.74 Å². The number of aryl methyl sites for hydroxylation is 2. The Kier molecular flexibility index (Phi) is 5.39. The molecule has 0 unspecified atom stereocenters. The second kappa shape index (κ2) is 7.54. The Morgan fingerprint density at radius 1 is 1.16 bits per heavy atom. The van der Waals surface area contributed by atoms with E-state index < -0.39 is 15.8 Å². The SMILES string of the molecule is Cc1cc(F)ccc1S(=O)(=O)NCCOc1cccc2c1CCCC2. The number of hydrogen-bond acceptors (Lipinski definition) is 3. The van der Waals surface area contributed by atoms with Crippen molar-refractivity contribution in [2.75, 3.05) is 13.2 Å². The zero-order chi connectivity index (χ0) is 17.9. The first-order valence-corrected chi connectivity index (χ1v) is 9.95. The van der Waals surface area contributed by atoms with Gasteiger partial charge in [-0.2, -0.15) is 0 Å². The highest BCUT2D eigenvalue weighted by atomic mass is 32.2. The summed E-state index contributed by atoms with van der Waals surface area (Å²) < 4.78 is 46.1. The molecule has 1 aliphatic rings. The van der Waals surface area contributed by atoms with Gasteiger partial charge in [-0.05, 0) is 73.6 Å². The Hall–Kier alpha value is -1.92. The Balaban J connectivity index is 1.60. The number of ether oxygens (including phenoxy) is 1. The van der Waals surface area contributed by atoms with Crippen molar-refractivity contribution < 1.29 is 17.5 Å². The molecule has 0 radical (unpaired) electrons. The normalized spacial score (nSPS) is 14.2. The van der Waals surface area contributed by atoms with E-state index in [1.165, 1.54) is 29.7 Å². The summed E-state index contributed by atoms with van der Waals surface area (Å²) in [5.41, 5.74) is 2.95. The maximum atomic E-state index is 13.1. The first kappa shape index (κ1) is 17.9. The van der Waals surface area contributed by atoms with Gasteiger partial charge >= 0.3 is 0 Å². The van der Waals surface area contributed by atoms with Crippen molar-refractivity contribution >= 4 is 10.0 Å². The molecule has 0 saturated carbocycles. The quantitative estimate of drug-likeness (QED) is 0.801. The molecule has 134 valence electrons. The van der Waals surface area contributed by atoms with Crippen LogP contribution in [0.15, 0.2) is 41.3 Å². The number of sulfonamides is 1. The minimum absolute atomic E-state index is 0.0889. The molecule has 0 heterocycles. The lowest BCUT2D eigenvalue weighted by molar-refractivity contribution is 0.318. The van der Waals surface area contributed by atoms with Gasteiger partial charge in [0.05, 0.1) is 4.90 Å². The third-order valence-corrected chi connectivity index (χ3v) is 6.05. The van der Waals surface area contributed by atoms with Crippen LogP contribution in [0.3, 0.4) is 0 Å². The lowest BCUT2D eigenvalue weighted by Crippen LogP contribution is -2.29. The lowest BCUT2D eigenvalue weighted by atomic mass is 9.91. The molecule has 25 heavy (non-hydrogen) atoms. The summed E-state index contributed by atoms with van der Waals surface area (Å²) in [5, 5.41) is 0. The Morgan fingerprint density at radius 2 is 1.96 bits per heavy atom. The summed E-state index contributed by atoms with van der Waals surface area (Å²) in [7, 11) is -3.68. The zero-order valence-electron chi connectivity index (χ0n) is 14.2.